The summed E-state index contributed by atoms with van der Waals surface area (Å²) in [6, 6.07) is 19.9. The zero-order valence-corrected chi connectivity index (χ0v) is 16.0. The smallest absolute Gasteiger partial charge is 0.204 e. The molecule has 8 heteroatoms. The highest BCUT2D eigenvalue weighted by Gasteiger charge is 2.03. The molecule has 0 aliphatic rings. The number of aromatic hydroxyl groups is 1. The molecule has 138 valence electrons. The van der Waals surface area contributed by atoms with Crippen LogP contribution in [0.4, 0.5) is 16.5 Å². The number of azo groups is 1. The van der Waals surface area contributed by atoms with E-state index in [1.165, 1.54) is 17.6 Å². The van der Waals surface area contributed by atoms with Gasteiger partial charge in [-0.05, 0) is 42.5 Å². The van der Waals surface area contributed by atoms with E-state index in [-0.39, 0.29) is 5.75 Å². The number of rotatable bonds is 5. The number of fused-ring (bicyclic) bond motifs is 1. The fourth-order valence-corrected chi connectivity index (χ4v) is 3.42. The van der Waals surface area contributed by atoms with Crippen LogP contribution in [0.3, 0.4) is 0 Å². The predicted molar refractivity (Wildman–Crippen MR) is 115 cm³/mol. The summed E-state index contributed by atoms with van der Waals surface area (Å²) in [4.78, 5) is 4.44. The van der Waals surface area contributed by atoms with Crippen molar-refractivity contribution in [1.82, 2.24) is 4.98 Å². The number of anilines is 1. The zero-order valence-electron chi connectivity index (χ0n) is 14.5. The lowest BCUT2D eigenvalue weighted by atomic mass is 10.2. The highest BCUT2D eigenvalue weighted by molar-refractivity contribution is 7.22. The maximum absolute atomic E-state index is 10.1. The van der Waals surface area contributed by atoms with Crippen molar-refractivity contribution in [2.45, 2.75) is 0 Å². The number of thiazole rings is 1. The molecule has 0 saturated carbocycles. The molecule has 0 spiro atoms. The third-order valence-electron chi connectivity index (χ3n) is 3.79. The number of phenolic OH excluding ortho intramolecular Hbond substituents is 1. The van der Waals surface area contributed by atoms with Gasteiger partial charge in [0, 0.05) is 5.56 Å². The van der Waals surface area contributed by atoms with E-state index in [1.807, 2.05) is 36.4 Å². The molecule has 28 heavy (non-hydrogen) atoms. The minimum absolute atomic E-state index is 0.0894. The lowest BCUT2D eigenvalue weighted by molar-refractivity contribution is 0.474. The van der Waals surface area contributed by atoms with Crippen LogP contribution in [0.5, 0.6) is 5.75 Å². The second kappa shape index (κ2) is 8.16. The Bertz CT molecular complexity index is 1160. The van der Waals surface area contributed by atoms with Crippen molar-refractivity contribution in [2.75, 3.05) is 5.43 Å². The maximum Gasteiger partial charge on any atom is 0.204 e. The number of hydrogen-bond acceptors (Lipinski definition) is 7. The van der Waals surface area contributed by atoms with Crippen molar-refractivity contribution in [1.29, 1.82) is 0 Å². The Hall–Kier alpha value is -3.29. The fourth-order valence-electron chi connectivity index (χ4n) is 2.43. The monoisotopic (exact) mass is 407 g/mol. The van der Waals surface area contributed by atoms with Crippen LogP contribution in [0.25, 0.3) is 10.2 Å². The Morgan fingerprint density at radius 1 is 1.00 bits per heavy atom. The Balaban J connectivity index is 1.50. The summed E-state index contributed by atoms with van der Waals surface area (Å²) in [5, 5.41) is 23.7. The summed E-state index contributed by atoms with van der Waals surface area (Å²) in [5.41, 5.74) is 5.45. The number of para-hydroxylation sites is 1. The van der Waals surface area contributed by atoms with E-state index in [4.69, 9.17) is 11.6 Å². The highest BCUT2D eigenvalue weighted by atomic mass is 35.5. The first-order chi connectivity index (χ1) is 13.7. The number of nitrogens with zero attached hydrogens (tertiary/aromatic N) is 4. The van der Waals surface area contributed by atoms with Crippen LogP contribution in [-0.4, -0.2) is 16.3 Å². The molecular weight excluding hydrogens is 394 g/mol. The molecule has 1 aromatic heterocycles. The molecule has 0 saturated heterocycles. The van der Waals surface area contributed by atoms with Gasteiger partial charge in [0.05, 0.1) is 27.1 Å². The van der Waals surface area contributed by atoms with Gasteiger partial charge in [0.15, 0.2) is 0 Å². The van der Waals surface area contributed by atoms with Crippen LogP contribution in [0.2, 0.25) is 5.02 Å². The summed E-state index contributed by atoms with van der Waals surface area (Å²) in [7, 11) is 0. The van der Waals surface area contributed by atoms with Gasteiger partial charge in [-0.25, -0.2) is 4.98 Å². The maximum atomic E-state index is 10.1. The molecule has 3 aromatic carbocycles. The molecule has 0 atom stereocenters. The van der Waals surface area contributed by atoms with Crippen molar-refractivity contribution in [3.8, 4) is 5.75 Å². The predicted octanol–water partition coefficient (Wildman–Crippen LogP) is 6.52. The van der Waals surface area contributed by atoms with Gasteiger partial charge in [0.1, 0.15) is 11.4 Å². The number of benzene rings is 3. The third-order valence-corrected chi connectivity index (χ3v) is 5.06. The molecule has 1 heterocycles. The third kappa shape index (κ3) is 4.16. The van der Waals surface area contributed by atoms with Gasteiger partial charge in [-0.15, -0.1) is 5.11 Å². The Morgan fingerprint density at radius 3 is 2.68 bits per heavy atom. The molecule has 2 N–H and O–H groups in total. The lowest BCUT2D eigenvalue weighted by Crippen LogP contribution is -1.90. The first kappa shape index (κ1) is 18.1. The number of nitrogens with one attached hydrogen (secondary N) is 1. The van der Waals surface area contributed by atoms with Gasteiger partial charge in [-0.1, -0.05) is 47.2 Å². The van der Waals surface area contributed by atoms with Crippen LogP contribution >= 0.6 is 22.9 Å². The summed E-state index contributed by atoms with van der Waals surface area (Å²) in [6.45, 7) is 0. The minimum atomic E-state index is 0.0894. The highest BCUT2D eigenvalue weighted by Crippen LogP contribution is 2.28. The molecule has 6 nitrogen and oxygen atoms in total. The molecule has 4 aromatic rings. The van der Waals surface area contributed by atoms with Crippen LogP contribution in [0.15, 0.2) is 82.1 Å². The van der Waals surface area contributed by atoms with Crippen molar-refractivity contribution >= 4 is 55.9 Å². The van der Waals surface area contributed by atoms with Gasteiger partial charge in [-0.2, -0.15) is 10.2 Å². The Labute approximate surface area is 169 Å². The Morgan fingerprint density at radius 2 is 1.82 bits per heavy atom. The summed E-state index contributed by atoms with van der Waals surface area (Å²) >= 11 is 7.58. The molecule has 0 amide bonds. The minimum Gasteiger partial charge on any atom is -0.507 e. The molecule has 0 radical (unpaired) electrons. The number of aromatic nitrogens is 1. The van der Waals surface area contributed by atoms with E-state index in [2.05, 4.69) is 25.7 Å². The number of hydrogen-bond donors (Lipinski definition) is 2. The molecule has 0 bridgehead atoms. The molecule has 4 rings (SSSR count). The molecule has 0 aliphatic heterocycles. The average Bonchev–Trinajstić information content (AvgIpc) is 3.12. The quantitative estimate of drug-likeness (QED) is 0.224. The largest absolute Gasteiger partial charge is 0.507 e. The van der Waals surface area contributed by atoms with Crippen molar-refractivity contribution in [2.24, 2.45) is 15.3 Å². The van der Waals surface area contributed by atoms with Gasteiger partial charge in [-0.3, -0.25) is 5.43 Å². The fraction of sp³-hybridized carbons (Fsp3) is 0. The average molecular weight is 408 g/mol. The van der Waals surface area contributed by atoms with Gasteiger partial charge < -0.3 is 5.11 Å². The van der Waals surface area contributed by atoms with E-state index < -0.39 is 0 Å². The van der Waals surface area contributed by atoms with Crippen molar-refractivity contribution in [3.63, 3.8) is 0 Å². The van der Waals surface area contributed by atoms with E-state index in [0.717, 1.165) is 10.2 Å². The van der Waals surface area contributed by atoms with E-state index >= 15 is 0 Å². The SMILES string of the molecule is Oc1ccc(N=Nc2ccccc2Cl)cc1/C=N/Nc1nc2ccccc2s1. The van der Waals surface area contributed by atoms with Gasteiger partial charge in [0.25, 0.3) is 0 Å². The lowest BCUT2D eigenvalue weighted by Gasteiger charge is -2.00. The number of phenols is 1. The standard InChI is InChI=1S/C20H14ClN5OS/c21-15-5-1-2-6-16(15)25-24-14-9-10-18(27)13(11-14)12-22-26-20-23-17-7-3-4-8-19(17)28-20/h1-12,27H,(H,23,26)/b22-12+,25-24?. The molecule has 0 fully saturated rings. The van der Waals surface area contributed by atoms with E-state index in [0.29, 0.717) is 27.1 Å². The first-order valence-electron chi connectivity index (χ1n) is 8.33. The zero-order chi connectivity index (χ0) is 19.3. The van der Waals surface area contributed by atoms with Crippen LogP contribution in [-0.2, 0) is 0 Å². The topological polar surface area (TPSA) is 82.2 Å². The summed E-state index contributed by atoms with van der Waals surface area (Å²) < 4.78 is 1.07. The van der Waals surface area contributed by atoms with E-state index in [1.54, 1.807) is 30.3 Å². The normalized spacial score (nSPS) is 11.6. The molecular formula is C20H14ClN5OS. The Kier molecular flexibility index (Phi) is 5.27. The van der Waals surface area contributed by atoms with Crippen LogP contribution in [0.1, 0.15) is 5.56 Å². The molecule has 0 aliphatic carbocycles. The second-order valence-electron chi connectivity index (χ2n) is 5.75. The summed E-state index contributed by atoms with van der Waals surface area (Å²) in [6.07, 6.45) is 1.51. The number of hydrazone groups is 1. The second-order valence-corrected chi connectivity index (χ2v) is 7.19. The molecule has 0 unspecified atom stereocenters. The van der Waals surface area contributed by atoms with Gasteiger partial charge >= 0.3 is 0 Å². The van der Waals surface area contributed by atoms with Crippen LogP contribution in [0, 0.1) is 0 Å². The van der Waals surface area contributed by atoms with Crippen molar-refractivity contribution < 1.29 is 5.11 Å². The van der Waals surface area contributed by atoms with E-state index in [9.17, 15) is 5.11 Å². The number of halogens is 1. The first-order valence-corrected chi connectivity index (χ1v) is 9.52. The van der Waals surface area contributed by atoms with Crippen molar-refractivity contribution in [3.05, 3.63) is 77.3 Å². The van der Waals surface area contributed by atoms with Gasteiger partial charge in [0.2, 0.25) is 5.13 Å². The van der Waals surface area contributed by atoms with Crippen LogP contribution < -0.4 is 5.43 Å². The summed E-state index contributed by atoms with van der Waals surface area (Å²) in [5.74, 6) is 0.0894.